The van der Waals surface area contributed by atoms with Crippen molar-refractivity contribution in [2.45, 2.75) is 43.9 Å². The molecule has 0 radical (unpaired) electrons. The number of carbonyl (C=O) groups is 3. The summed E-state index contributed by atoms with van der Waals surface area (Å²) < 4.78 is 5.47. The Bertz CT molecular complexity index is 753. The molecular weight excluding hydrogens is 370 g/mol. The SMILES string of the molecule is O=C(C1CCCO1)N1CCC2(CC1)NC(=O)N(Cc1ccc(Cl)cc1)C2=O. The summed E-state index contributed by atoms with van der Waals surface area (Å²) in [5.41, 5.74) is -0.0671. The summed E-state index contributed by atoms with van der Waals surface area (Å²) in [6, 6.07) is 6.70. The van der Waals surface area contributed by atoms with E-state index in [4.69, 9.17) is 16.3 Å². The van der Waals surface area contributed by atoms with Crippen LogP contribution < -0.4 is 5.32 Å². The van der Waals surface area contributed by atoms with Gasteiger partial charge in [0, 0.05) is 24.7 Å². The number of urea groups is 1. The Hall–Kier alpha value is -2.12. The van der Waals surface area contributed by atoms with Crippen LogP contribution in [0.15, 0.2) is 24.3 Å². The number of ether oxygens (including phenoxy) is 1. The van der Waals surface area contributed by atoms with E-state index in [1.165, 1.54) is 4.90 Å². The first-order chi connectivity index (χ1) is 13.0. The molecule has 3 heterocycles. The molecule has 144 valence electrons. The van der Waals surface area contributed by atoms with Crippen molar-refractivity contribution in [1.29, 1.82) is 0 Å². The van der Waals surface area contributed by atoms with E-state index >= 15 is 0 Å². The molecule has 1 aromatic rings. The second-order valence-electron chi connectivity index (χ2n) is 7.36. The Balaban J connectivity index is 1.41. The molecule has 7 nitrogen and oxygen atoms in total. The molecule has 3 saturated heterocycles. The third-order valence-corrected chi connectivity index (χ3v) is 5.89. The number of nitrogens with zero attached hydrogens (tertiary/aromatic N) is 2. The maximum atomic E-state index is 13.0. The van der Waals surface area contributed by atoms with E-state index in [2.05, 4.69) is 5.32 Å². The molecule has 1 spiro atoms. The summed E-state index contributed by atoms with van der Waals surface area (Å²) in [5.74, 6) is -0.219. The minimum atomic E-state index is -0.906. The number of benzene rings is 1. The summed E-state index contributed by atoms with van der Waals surface area (Å²) >= 11 is 5.89. The minimum Gasteiger partial charge on any atom is -0.368 e. The van der Waals surface area contributed by atoms with Crippen LogP contribution in [0.3, 0.4) is 0 Å². The van der Waals surface area contributed by atoms with Gasteiger partial charge in [-0.15, -0.1) is 0 Å². The first-order valence-corrected chi connectivity index (χ1v) is 9.65. The summed E-state index contributed by atoms with van der Waals surface area (Å²) in [7, 11) is 0. The van der Waals surface area contributed by atoms with Gasteiger partial charge in [-0.05, 0) is 43.4 Å². The second-order valence-corrected chi connectivity index (χ2v) is 7.79. The number of nitrogens with one attached hydrogen (secondary N) is 1. The lowest BCUT2D eigenvalue weighted by atomic mass is 9.87. The second kappa shape index (κ2) is 7.13. The number of carbonyl (C=O) groups excluding carboxylic acids is 3. The van der Waals surface area contributed by atoms with Crippen molar-refractivity contribution in [3.8, 4) is 0 Å². The molecule has 0 aliphatic carbocycles. The summed E-state index contributed by atoms with van der Waals surface area (Å²) in [6.07, 6.45) is 2.16. The average molecular weight is 392 g/mol. The molecule has 8 heteroatoms. The van der Waals surface area contributed by atoms with Crippen molar-refractivity contribution in [2.75, 3.05) is 19.7 Å². The Labute approximate surface area is 162 Å². The topological polar surface area (TPSA) is 79.0 Å². The Morgan fingerprint density at radius 3 is 2.56 bits per heavy atom. The van der Waals surface area contributed by atoms with Gasteiger partial charge < -0.3 is 15.0 Å². The fourth-order valence-electron chi connectivity index (χ4n) is 4.02. The van der Waals surface area contributed by atoms with E-state index in [0.29, 0.717) is 37.6 Å². The lowest BCUT2D eigenvalue weighted by Crippen LogP contribution is -2.57. The van der Waals surface area contributed by atoms with Crippen LogP contribution in [0.5, 0.6) is 0 Å². The highest BCUT2D eigenvalue weighted by Gasteiger charge is 2.52. The van der Waals surface area contributed by atoms with Gasteiger partial charge in [0.25, 0.3) is 11.8 Å². The number of rotatable bonds is 3. The monoisotopic (exact) mass is 391 g/mol. The third kappa shape index (κ3) is 3.41. The lowest BCUT2D eigenvalue weighted by molar-refractivity contribution is -0.145. The van der Waals surface area contributed by atoms with Crippen molar-refractivity contribution in [1.82, 2.24) is 15.1 Å². The van der Waals surface area contributed by atoms with Crippen molar-refractivity contribution in [2.24, 2.45) is 0 Å². The van der Waals surface area contributed by atoms with Gasteiger partial charge in [0.2, 0.25) is 0 Å². The van der Waals surface area contributed by atoms with E-state index < -0.39 is 5.54 Å². The van der Waals surface area contributed by atoms with E-state index in [1.807, 2.05) is 0 Å². The van der Waals surface area contributed by atoms with Crippen LogP contribution in [0.4, 0.5) is 4.79 Å². The van der Waals surface area contributed by atoms with Gasteiger partial charge in [0.05, 0.1) is 6.54 Å². The highest BCUT2D eigenvalue weighted by atomic mass is 35.5. The van der Waals surface area contributed by atoms with Crippen molar-refractivity contribution in [3.63, 3.8) is 0 Å². The Morgan fingerprint density at radius 2 is 1.93 bits per heavy atom. The van der Waals surface area contributed by atoms with Gasteiger partial charge in [0.15, 0.2) is 0 Å². The fraction of sp³-hybridized carbons (Fsp3) is 0.526. The predicted octanol–water partition coefficient (Wildman–Crippen LogP) is 1.93. The zero-order valence-corrected chi connectivity index (χ0v) is 15.7. The Kier molecular flexibility index (Phi) is 4.82. The first kappa shape index (κ1) is 18.3. The maximum Gasteiger partial charge on any atom is 0.325 e. The molecule has 1 atom stereocenters. The molecule has 27 heavy (non-hydrogen) atoms. The van der Waals surface area contributed by atoms with E-state index in [1.54, 1.807) is 29.2 Å². The number of amides is 4. The summed E-state index contributed by atoms with van der Waals surface area (Å²) in [6.45, 7) is 1.73. The highest BCUT2D eigenvalue weighted by Crippen LogP contribution is 2.31. The van der Waals surface area contributed by atoms with Crippen LogP contribution in [0.25, 0.3) is 0 Å². The molecule has 1 aromatic carbocycles. The molecule has 1 unspecified atom stereocenters. The minimum absolute atomic E-state index is 0.00265. The Morgan fingerprint density at radius 1 is 1.22 bits per heavy atom. The molecule has 1 N–H and O–H groups in total. The van der Waals surface area contributed by atoms with E-state index in [9.17, 15) is 14.4 Å². The molecule has 4 amide bonds. The quantitative estimate of drug-likeness (QED) is 0.798. The van der Waals surface area contributed by atoms with Crippen LogP contribution >= 0.6 is 11.6 Å². The van der Waals surface area contributed by atoms with Gasteiger partial charge in [0.1, 0.15) is 11.6 Å². The van der Waals surface area contributed by atoms with Crippen LogP contribution in [0, 0.1) is 0 Å². The van der Waals surface area contributed by atoms with Crippen LogP contribution in [0.2, 0.25) is 5.02 Å². The molecule has 4 rings (SSSR count). The number of likely N-dealkylation sites (tertiary alicyclic amines) is 1. The van der Waals surface area contributed by atoms with Gasteiger partial charge in [-0.25, -0.2) is 4.79 Å². The summed E-state index contributed by atoms with van der Waals surface area (Å²) in [4.78, 5) is 40.9. The van der Waals surface area contributed by atoms with Gasteiger partial charge in [-0.2, -0.15) is 0 Å². The maximum absolute atomic E-state index is 13.0. The number of piperidine rings is 1. The number of hydrogen-bond acceptors (Lipinski definition) is 4. The molecule has 0 aromatic heterocycles. The predicted molar refractivity (Wildman–Crippen MR) is 98.1 cm³/mol. The van der Waals surface area contributed by atoms with Gasteiger partial charge in [-0.1, -0.05) is 23.7 Å². The van der Waals surface area contributed by atoms with Gasteiger partial charge >= 0.3 is 6.03 Å². The number of hydrogen-bond donors (Lipinski definition) is 1. The lowest BCUT2D eigenvalue weighted by Gasteiger charge is -2.38. The largest absolute Gasteiger partial charge is 0.368 e. The number of halogens is 1. The van der Waals surface area contributed by atoms with Crippen LogP contribution in [-0.4, -0.2) is 59.0 Å². The highest BCUT2D eigenvalue weighted by molar-refractivity contribution is 6.30. The standard InChI is InChI=1S/C19H22ClN3O4/c20-14-5-3-13(4-6-14)12-23-17(25)19(21-18(23)26)7-9-22(10-8-19)16(24)15-2-1-11-27-15/h3-6,15H,1-2,7-12H2,(H,21,26). The zero-order chi connectivity index (χ0) is 19.0. The molecule has 3 fully saturated rings. The summed E-state index contributed by atoms with van der Waals surface area (Å²) in [5, 5.41) is 3.48. The zero-order valence-electron chi connectivity index (χ0n) is 14.9. The van der Waals surface area contributed by atoms with Crippen LogP contribution in [-0.2, 0) is 20.9 Å². The smallest absolute Gasteiger partial charge is 0.325 e. The third-order valence-electron chi connectivity index (χ3n) is 5.63. The average Bonchev–Trinajstić information content (AvgIpc) is 3.28. The fourth-order valence-corrected chi connectivity index (χ4v) is 4.14. The first-order valence-electron chi connectivity index (χ1n) is 9.27. The van der Waals surface area contributed by atoms with Gasteiger partial charge in [-0.3, -0.25) is 14.5 Å². The number of imide groups is 1. The molecule has 0 saturated carbocycles. The van der Waals surface area contributed by atoms with Crippen molar-refractivity contribution < 1.29 is 19.1 Å². The molecular formula is C19H22ClN3O4. The molecule has 0 bridgehead atoms. The van der Waals surface area contributed by atoms with Crippen molar-refractivity contribution >= 4 is 29.4 Å². The van der Waals surface area contributed by atoms with E-state index in [0.717, 1.165) is 18.4 Å². The molecule has 3 aliphatic heterocycles. The normalized spacial score (nSPS) is 24.6. The van der Waals surface area contributed by atoms with E-state index in [-0.39, 0.29) is 30.5 Å². The molecule has 3 aliphatic rings. The van der Waals surface area contributed by atoms with Crippen molar-refractivity contribution in [3.05, 3.63) is 34.9 Å². The van der Waals surface area contributed by atoms with Crippen LogP contribution in [0.1, 0.15) is 31.2 Å².